The molecule has 0 bridgehead atoms. The van der Waals surface area contributed by atoms with E-state index >= 15 is 0 Å². The van der Waals surface area contributed by atoms with E-state index < -0.39 is 23.4 Å². The highest BCUT2D eigenvalue weighted by atomic mass is 32.2. The number of ether oxygens (including phenoxy) is 2. The molecule has 7 nitrogen and oxygen atoms in total. The van der Waals surface area contributed by atoms with Crippen LogP contribution in [0.2, 0.25) is 0 Å². The molecule has 2 saturated heterocycles. The minimum absolute atomic E-state index is 0.187. The van der Waals surface area contributed by atoms with Crippen molar-refractivity contribution in [2.45, 2.75) is 29.2 Å². The summed E-state index contributed by atoms with van der Waals surface area (Å²) in [5.41, 5.74) is 7.81. The zero-order valence-electron chi connectivity index (χ0n) is 17.6. The van der Waals surface area contributed by atoms with Crippen molar-refractivity contribution < 1.29 is 23.9 Å². The number of nitrogens with zero attached hydrogens (tertiary/aromatic N) is 1. The van der Waals surface area contributed by atoms with Crippen LogP contribution in [0.15, 0.2) is 71.3 Å². The second kappa shape index (κ2) is 9.24. The van der Waals surface area contributed by atoms with Crippen molar-refractivity contribution in [3.8, 4) is 0 Å². The van der Waals surface area contributed by atoms with Crippen LogP contribution < -0.4 is 5.73 Å². The molecule has 3 heterocycles. The maximum Gasteiger partial charge on any atom is 0.356 e. The standard InChI is InChI=1S/C24H22N2O5S2/c25-18-21(27)26-19(17(13-32-22(18)26)33-16-11-12-30-23(16)28)24(29)31-20(14-7-3-1-4-8-14)15-9-5-2-6-10-15/h1-10,16,18,20,22H,11-13,25H2/t16?,18-,22-/m1/s1. The summed E-state index contributed by atoms with van der Waals surface area (Å²) in [6.45, 7) is 0.358. The number of nitrogens with two attached hydrogens (primary N) is 1. The second-order valence-electron chi connectivity index (χ2n) is 7.88. The van der Waals surface area contributed by atoms with Gasteiger partial charge in [0.25, 0.3) is 0 Å². The number of amides is 1. The van der Waals surface area contributed by atoms with Crippen LogP contribution in [0.5, 0.6) is 0 Å². The largest absolute Gasteiger partial charge is 0.465 e. The molecule has 5 rings (SSSR count). The Labute approximate surface area is 199 Å². The molecule has 33 heavy (non-hydrogen) atoms. The minimum atomic E-state index is -0.653. The molecular weight excluding hydrogens is 460 g/mol. The number of thioether (sulfide) groups is 2. The van der Waals surface area contributed by atoms with Gasteiger partial charge in [-0.2, -0.15) is 0 Å². The fraction of sp³-hybridized carbons (Fsp3) is 0.292. The summed E-state index contributed by atoms with van der Waals surface area (Å²) >= 11 is 2.77. The number of hydrogen-bond acceptors (Lipinski definition) is 8. The van der Waals surface area contributed by atoms with Gasteiger partial charge in [-0.15, -0.1) is 23.5 Å². The zero-order valence-corrected chi connectivity index (χ0v) is 19.2. The molecule has 9 heteroatoms. The lowest BCUT2D eigenvalue weighted by molar-refractivity contribution is -0.152. The molecular formula is C24H22N2O5S2. The van der Waals surface area contributed by atoms with E-state index in [4.69, 9.17) is 15.2 Å². The quantitative estimate of drug-likeness (QED) is 0.496. The van der Waals surface area contributed by atoms with Gasteiger partial charge < -0.3 is 15.2 Å². The summed E-state index contributed by atoms with van der Waals surface area (Å²) in [4.78, 5) is 40.4. The van der Waals surface area contributed by atoms with Gasteiger partial charge in [0.2, 0.25) is 5.91 Å². The number of β-lactam (4-membered cyclic amide) rings is 1. The van der Waals surface area contributed by atoms with Crippen LogP contribution in [0.1, 0.15) is 23.7 Å². The van der Waals surface area contributed by atoms with E-state index in [1.165, 1.54) is 28.4 Å². The van der Waals surface area contributed by atoms with Gasteiger partial charge >= 0.3 is 11.9 Å². The molecule has 3 aliphatic rings. The summed E-state index contributed by atoms with van der Waals surface area (Å²) in [5.74, 6) is -0.748. The summed E-state index contributed by atoms with van der Waals surface area (Å²) in [7, 11) is 0. The first-order chi connectivity index (χ1) is 16.0. The first-order valence-electron chi connectivity index (χ1n) is 10.6. The van der Waals surface area contributed by atoms with Crippen molar-refractivity contribution in [1.29, 1.82) is 0 Å². The number of carbonyl (C=O) groups excluding carboxylic acids is 3. The van der Waals surface area contributed by atoms with Gasteiger partial charge in [-0.05, 0) is 11.1 Å². The maximum absolute atomic E-state index is 13.6. The third-order valence-electron chi connectivity index (χ3n) is 5.77. The van der Waals surface area contributed by atoms with Crippen LogP contribution in [0.3, 0.4) is 0 Å². The summed E-state index contributed by atoms with van der Waals surface area (Å²) < 4.78 is 11.1. The molecule has 0 radical (unpaired) electrons. The van der Waals surface area contributed by atoms with Gasteiger partial charge in [-0.3, -0.25) is 14.5 Å². The molecule has 0 aliphatic carbocycles. The van der Waals surface area contributed by atoms with E-state index in [2.05, 4.69) is 0 Å². The fourth-order valence-corrected chi connectivity index (χ4v) is 6.70. The predicted octanol–water partition coefficient (Wildman–Crippen LogP) is 2.82. The van der Waals surface area contributed by atoms with Crippen molar-refractivity contribution in [2.24, 2.45) is 5.73 Å². The lowest BCUT2D eigenvalue weighted by Gasteiger charge is -2.48. The van der Waals surface area contributed by atoms with Crippen LogP contribution in [0.25, 0.3) is 0 Å². The Morgan fingerprint density at radius 2 is 1.73 bits per heavy atom. The Bertz CT molecular complexity index is 1070. The van der Waals surface area contributed by atoms with Crippen molar-refractivity contribution in [1.82, 2.24) is 4.90 Å². The van der Waals surface area contributed by atoms with Gasteiger partial charge in [-0.1, -0.05) is 60.7 Å². The van der Waals surface area contributed by atoms with Crippen molar-refractivity contribution in [2.75, 3.05) is 12.4 Å². The van der Waals surface area contributed by atoms with E-state index in [1.54, 1.807) is 0 Å². The second-order valence-corrected chi connectivity index (χ2v) is 10.3. The van der Waals surface area contributed by atoms with E-state index in [1.807, 2.05) is 60.7 Å². The number of hydrogen-bond donors (Lipinski definition) is 1. The SMILES string of the molecule is N[C@@H]1C(=O)N2C(C(=O)OC(c3ccccc3)c3ccccc3)=C(SC3CCOC3=O)CS[C@H]12. The Morgan fingerprint density at radius 3 is 2.30 bits per heavy atom. The third-order valence-corrected chi connectivity index (χ3v) is 8.59. The van der Waals surface area contributed by atoms with Crippen LogP contribution in [0.4, 0.5) is 0 Å². The average molecular weight is 483 g/mol. The van der Waals surface area contributed by atoms with E-state index in [9.17, 15) is 14.4 Å². The van der Waals surface area contributed by atoms with Crippen LogP contribution in [-0.4, -0.2) is 51.8 Å². The van der Waals surface area contributed by atoms with Crippen molar-refractivity contribution >= 4 is 41.4 Å². The molecule has 170 valence electrons. The Kier molecular flexibility index (Phi) is 6.18. The first-order valence-corrected chi connectivity index (χ1v) is 12.5. The number of rotatable bonds is 6. The van der Waals surface area contributed by atoms with Gasteiger partial charge in [0.1, 0.15) is 22.4 Å². The lowest BCUT2D eigenvalue weighted by atomic mass is 10.0. The Hall–Kier alpha value is -2.75. The van der Waals surface area contributed by atoms with E-state index in [0.29, 0.717) is 23.7 Å². The van der Waals surface area contributed by atoms with Gasteiger partial charge in [0, 0.05) is 17.1 Å². The van der Waals surface area contributed by atoms with E-state index in [0.717, 1.165) is 11.1 Å². The fourth-order valence-electron chi connectivity index (χ4n) is 4.07. The highest BCUT2D eigenvalue weighted by Gasteiger charge is 2.53. The van der Waals surface area contributed by atoms with Gasteiger partial charge in [0.05, 0.1) is 6.61 Å². The number of benzene rings is 2. The van der Waals surface area contributed by atoms with E-state index in [-0.39, 0.29) is 22.9 Å². The molecule has 3 atom stereocenters. The monoisotopic (exact) mass is 482 g/mol. The Balaban J connectivity index is 1.49. The average Bonchev–Trinajstić information content (AvgIpc) is 3.26. The summed E-state index contributed by atoms with van der Waals surface area (Å²) in [6.07, 6.45) is -0.0822. The predicted molar refractivity (Wildman–Crippen MR) is 126 cm³/mol. The lowest BCUT2D eigenvalue weighted by Crippen LogP contribution is -2.68. The van der Waals surface area contributed by atoms with Crippen molar-refractivity contribution in [3.63, 3.8) is 0 Å². The smallest absolute Gasteiger partial charge is 0.356 e. The molecule has 1 amide bonds. The summed E-state index contributed by atoms with van der Waals surface area (Å²) in [5, 5.41) is -0.712. The molecule has 1 unspecified atom stereocenters. The molecule has 2 N–H and O–H groups in total. The van der Waals surface area contributed by atoms with Crippen molar-refractivity contribution in [3.05, 3.63) is 82.4 Å². The molecule has 2 aromatic carbocycles. The van der Waals surface area contributed by atoms with Gasteiger partial charge in [-0.25, -0.2) is 4.79 Å². The number of carbonyl (C=O) groups is 3. The topological polar surface area (TPSA) is 98.9 Å². The number of fused-ring (bicyclic) bond motifs is 1. The molecule has 0 spiro atoms. The Morgan fingerprint density at radius 1 is 1.09 bits per heavy atom. The maximum atomic E-state index is 13.6. The molecule has 0 aromatic heterocycles. The number of cyclic esters (lactones) is 1. The molecule has 2 fully saturated rings. The molecule has 3 aliphatic heterocycles. The van der Waals surface area contributed by atoms with Crippen LogP contribution in [-0.2, 0) is 23.9 Å². The normalized spacial score (nSPS) is 24.4. The molecule has 0 saturated carbocycles. The minimum Gasteiger partial charge on any atom is -0.465 e. The molecule has 2 aromatic rings. The zero-order chi connectivity index (χ0) is 22.9. The van der Waals surface area contributed by atoms with Crippen LogP contribution >= 0.6 is 23.5 Å². The number of esters is 2. The third kappa shape index (κ3) is 4.16. The highest BCUT2D eigenvalue weighted by Crippen LogP contribution is 2.45. The highest BCUT2D eigenvalue weighted by molar-refractivity contribution is 8.07. The first kappa shape index (κ1) is 22.1. The van der Waals surface area contributed by atoms with Crippen LogP contribution in [0, 0.1) is 0 Å². The summed E-state index contributed by atoms with van der Waals surface area (Å²) in [6, 6.07) is 18.3. The van der Waals surface area contributed by atoms with Gasteiger partial charge in [0.15, 0.2) is 6.10 Å².